The van der Waals surface area contributed by atoms with Crippen LogP contribution in [0.15, 0.2) is 22.7 Å². The summed E-state index contributed by atoms with van der Waals surface area (Å²) < 4.78 is 3.18. The molecule has 2 N–H and O–H groups in total. The molecule has 144 valence electrons. The van der Waals surface area contributed by atoms with Gasteiger partial charge < -0.3 is 15.2 Å². The van der Waals surface area contributed by atoms with E-state index < -0.39 is 0 Å². The second-order valence-electron chi connectivity index (χ2n) is 7.25. The monoisotopic (exact) mass is 431 g/mol. The summed E-state index contributed by atoms with van der Waals surface area (Å²) in [6.45, 7) is 9.92. The third-order valence-electron chi connectivity index (χ3n) is 4.83. The minimum absolute atomic E-state index is 0.0415. The number of hydrogen-bond acceptors (Lipinski definition) is 4. The third-order valence-corrected chi connectivity index (χ3v) is 5.33. The number of nitrogens with zero attached hydrogens (tertiary/aromatic N) is 4. The van der Waals surface area contributed by atoms with E-state index in [0.717, 1.165) is 39.7 Å². The molecule has 0 fully saturated rings. The lowest BCUT2D eigenvalue weighted by Gasteiger charge is -2.20. The maximum atomic E-state index is 11.9. The van der Waals surface area contributed by atoms with E-state index in [1.54, 1.807) is 11.8 Å². The van der Waals surface area contributed by atoms with Crippen molar-refractivity contribution in [3.63, 3.8) is 0 Å². The molecular formula is C20H26BrN5O. The highest BCUT2D eigenvalue weighted by Gasteiger charge is 2.20. The number of anilines is 1. The second-order valence-corrected chi connectivity index (χ2v) is 8.17. The molecule has 1 aromatic carbocycles. The van der Waals surface area contributed by atoms with Crippen LogP contribution in [0.1, 0.15) is 39.9 Å². The molecule has 0 atom stereocenters. The quantitative estimate of drug-likeness (QED) is 0.629. The summed E-state index contributed by atoms with van der Waals surface area (Å²) in [7, 11) is 0. The van der Waals surface area contributed by atoms with E-state index in [1.165, 1.54) is 0 Å². The number of aryl methyl sites for hydroxylation is 1. The van der Waals surface area contributed by atoms with Gasteiger partial charge in [0.15, 0.2) is 5.82 Å². The van der Waals surface area contributed by atoms with Crippen molar-refractivity contribution in [3.8, 4) is 0 Å². The molecule has 2 aromatic heterocycles. The van der Waals surface area contributed by atoms with Crippen molar-refractivity contribution < 1.29 is 4.79 Å². The molecule has 3 aromatic rings. The van der Waals surface area contributed by atoms with Crippen LogP contribution in [0.5, 0.6) is 0 Å². The van der Waals surface area contributed by atoms with Gasteiger partial charge in [0.1, 0.15) is 11.3 Å². The lowest BCUT2D eigenvalue weighted by molar-refractivity contribution is -0.129. The van der Waals surface area contributed by atoms with Crippen LogP contribution in [-0.2, 0) is 17.9 Å². The molecule has 0 unspecified atom stereocenters. The Bertz CT molecular complexity index is 995. The summed E-state index contributed by atoms with van der Waals surface area (Å²) in [5.74, 6) is 1.88. The first-order valence-electron chi connectivity index (χ1n) is 9.31. The molecule has 6 nitrogen and oxygen atoms in total. The van der Waals surface area contributed by atoms with E-state index >= 15 is 0 Å². The zero-order chi connectivity index (χ0) is 19.7. The van der Waals surface area contributed by atoms with E-state index in [2.05, 4.69) is 39.3 Å². The number of amides is 1. The van der Waals surface area contributed by atoms with Crippen molar-refractivity contribution in [2.24, 2.45) is 5.92 Å². The Balaban J connectivity index is 2.25. The first kappa shape index (κ1) is 19.6. The molecule has 2 heterocycles. The maximum absolute atomic E-state index is 11.9. The first-order chi connectivity index (χ1) is 12.8. The molecule has 1 amide bonds. The number of hydrogen-bond donors (Lipinski definition) is 1. The minimum atomic E-state index is 0.0415. The fraction of sp³-hybridized carbons (Fsp3) is 0.450. The Hall–Kier alpha value is -2.15. The van der Waals surface area contributed by atoms with Gasteiger partial charge in [0, 0.05) is 29.9 Å². The standard InChI is InChI=1S/C20H26BrN5O/c1-5-25(13(4)27)11-17-24-18-19(26(17)9-8-12(2)3)15-7-6-14(21)10-16(15)23-20(18)22/h6-7,10,12H,5,8-9,11H2,1-4H3,(H2,22,23). The van der Waals surface area contributed by atoms with Gasteiger partial charge in [0.05, 0.1) is 17.6 Å². The number of pyridine rings is 1. The summed E-state index contributed by atoms with van der Waals surface area (Å²) in [5, 5.41) is 1.02. The van der Waals surface area contributed by atoms with Crippen molar-refractivity contribution in [3.05, 3.63) is 28.5 Å². The lowest BCUT2D eigenvalue weighted by Crippen LogP contribution is -2.29. The molecule has 0 spiro atoms. The highest BCUT2D eigenvalue weighted by Crippen LogP contribution is 2.31. The molecule has 27 heavy (non-hydrogen) atoms. The predicted octanol–water partition coefficient (Wildman–Crippen LogP) is 4.34. The number of fused-ring (bicyclic) bond motifs is 3. The Morgan fingerprint density at radius 3 is 2.70 bits per heavy atom. The van der Waals surface area contributed by atoms with Crippen molar-refractivity contribution in [1.82, 2.24) is 19.4 Å². The highest BCUT2D eigenvalue weighted by molar-refractivity contribution is 9.10. The minimum Gasteiger partial charge on any atom is -0.382 e. The predicted molar refractivity (Wildman–Crippen MR) is 113 cm³/mol. The lowest BCUT2D eigenvalue weighted by atomic mass is 10.1. The van der Waals surface area contributed by atoms with Crippen molar-refractivity contribution in [1.29, 1.82) is 0 Å². The van der Waals surface area contributed by atoms with E-state index in [9.17, 15) is 4.79 Å². The number of nitrogen functional groups attached to an aromatic ring is 1. The Morgan fingerprint density at radius 2 is 2.07 bits per heavy atom. The number of imidazole rings is 1. The van der Waals surface area contributed by atoms with Gasteiger partial charge in [-0.2, -0.15) is 0 Å². The Morgan fingerprint density at radius 1 is 1.33 bits per heavy atom. The van der Waals surface area contributed by atoms with Crippen LogP contribution < -0.4 is 5.73 Å². The van der Waals surface area contributed by atoms with Crippen LogP contribution in [-0.4, -0.2) is 31.9 Å². The first-order valence-corrected chi connectivity index (χ1v) is 10.1. The number of rotatable bonds is 6. The fourth-order valence-electron chi connectivity index (χ4n) is 3.30. The summed E-state index contributed by atoms with van der Waals surface area (Å²) in [6.07, 6.45) is 1.02. The number of aromatic nitrogens is 3. The molecular weight excluding hydrogens is 406 g/mol. The van der Waals surface area contributed by atoms with Crippen molar-refractivity contribution >= 4 is 49.6 Å². The fourth-order valence-corrected chi connectivity index (χ4v) is 3.65. The largest absolute Gasteiger partial charge is 0.382 e. The van der Waals surface area contributed by atoms with E-state index in [1.807, 2.05) is 25.1 Å². The molecule has 0 bridgehead atoms. The summed E-state index contributed by atoms with van der Waals surface area (Å²) >= 11 is 3.51. The van der Waals surface area contributed by atoms with Gasteiger partial charge >= 0.3 is 0 Å². The number of benzene rings is 1. The molecule has 0 aliphatic rings. The molecule has 0 saturated heterocycles. The van der Waals surface area contributed by atoms with Crippen molar-refractivity contribution in [2.75, 3.05) is 12.3 Å². The molecule has 7 heteroatoms. The third kappa shape index (κ3) is 3.93. The normalized spacial score (nSPS) is 11.6. The Labute approximate surface area is 167 Å². The van der Waals surface area contributed by atoms with Crippen molar-refractivity contribution in [2.45, 2.75) is 47.2 Å². The average Bonchev–Trinajstić information content (AvgIpc) is 2.96. The van der Waals surface area contributed by atoms with Crippen LogP contribution in [0.4, 0.5) is 5.82 Å². The van der Waals surface area contributed by atoms with E-state index in [-0.39, 0.29) is 5.91 Å². The topological polar surface area (TPSA) is 77.0 Å². The zero-order valence-corrected chi connectivity index (χ0v) is 17.9. The molecule has 0 saturated carbocycles. The highest BCUT2D eigenvalue weighted by atomic mass is 79.9. The summed E-state index contributed by atoms with van der Waals surface area (Å²) in [4.78, 5) is 23.1. The van der Waals surface area contributed by atoms with Crippen LogP contribution in [0, 0.1) is 5.92 Å². The number of carbonyl (C=O) groups excluding carboxylic acids is 1. The molecule has 0 aliphatic carbocycles. The number of halogens is 1. The van der Waals surface area contributed by atoms with Gasteiger partial charge in [-0.05, 0) is 37.5 Å². The second kappa shape index (κ2) is 7.84. The summed E-state index contributed by atoms with van der Waals surface area (Å²) in [5.41, 5.74) is 8.80. The smallest absolute Gasteiger partial charge is 0.219 e. The van der Waals surface area contributed by atoms with Crippen LogP contribution >= 0.6 is 15.9 Å². The van der Waals surface area contributed by atoms with Crippen LogP contribution in [0.3, 0.4) is 0 Å². The van der Waals surface area contributed by atoms with Gasteiger partial charge in [-0.3, -0.25) is 4.79 Å². The van der Waals surface area contributed by atoms with Gasteiger partial charge in [-0.25, -0.2) is 9.97 Å². The van der Waals surface area contributed by atoms with E-state index in [0.29, 0.717) is 30.3 Å². The van der Waals surface area contributed by atoms with E-state index in [4.69, 9.17) is 10.7 Å². The molecule has 0 aliphatic heterocycles. The van der Waals surface area contributed by atoms with Crippen LogP contribution in [0.25, 0.3) is 21.9 Å². The number of nitrogens with two attached hydrogens (primary N) is 1. The Kier molecular flexibility index (Phi) is 5.69. The zero-order valence-electron chi connectivity index (χ0n) is 16.3. The molecule has 3 rings (SSSR count). The van der Waals surface area contributed by atoms with Gasteiger partial charge in [-0.1, -0.05) is 29.8 Å². The number of carbonyl (C=O) groups is 1. The van der Waals surface area contributed by atoms with Crippen LogP contribution in [0.2, 0.25) is 0 Å². The van der Waals surface area contributed by atoms with Gasteiger partial charge in [-0.15, -0.1) is 0 Å². The average molecular weight is 432 g/mol. The van der Waals surface area contributed by atoms with Gasteiger partial charge in [0.2, 0.25) is 5.91 Å². The SMILES string of the molecule is CCN(Cc1nc2c(N)nc3cc(Br)ccc3c2n1CCC(C)C)C(C)=O. The van der Waals surface area contributed by atoms with Gasteiger partial charge in [0.25, 0.3) is 0 Å². The maximum Gasteiger partial charge on any atom is 0.219 e. The summed E-state index contributed by atoms with van der Waals surface area (Å²) in [6, 6.07) is 6.03. The molecule has 0 radical (unpaired) electrons.